The molecule has 0 unspecified atom stereocenters. The largest absolute Gasteiger partial charge is 0.322 e. The van der Waals surface area contributed by atoms with Crippen molar-refractivity contribution in [1.82, 2.24) is 9.80 Å². The van der Waals surface area contributed by atoms with Crippen LogP contribution in [-0.4, -0.2) is 47.9 Å². The van der Waals surface area contributed by atoms with Crippen molar-refractivity contribution < 1.29 is 9.59 Å². The van der Waals surface area contributed by atoms with E-state index in [1.54, 1.807) is 24.3 Å². The lowest BCUT2D eigenvalue weighted by atomic mass is 10.2. The van der Waals surface area contributed by atoms with Crippen LogP contribution in [0.15, 0.2) is 84.9 Å². The van der Waals surface area contributed by atoms with Crippen molar-refractivity contribution in [3.8, 4) is 0 Å². The summed E-state index contributed by atoms with van der Waals surface area (Å²) in [5, 5.41) is 5.78. The minimum atomic E-state index is -0.182. The number of piperazine rings is 1. The Balaban J connectivity index is 1.26. The second kappa shape index (κ2) is 9.91. The molecule has 158 valence electrons. The monoisotopic (exact) mass is 414 g/mol. The third kappa shape index (κ3) is 5.71. The average molecular weight is 415 g/mol. The van der Waals surface area contributed by atoms with Crippen LogP contribution < -0.4 is 10.6 Å². The molecule has 0 bridgehead atoms. The zero-order valence-corrected chi connectivity index (χ0v) is 17.3. The molecule has 0 saturated carbocycles. The van der Waals surface area contributed by atoms with Crippen molar-refractivity contribution in [2.75, 3.05) is 36.8 Å². The van der Waals surface area contributed by atoms with Gasteiger partial charge in [-0.3, -0.25) is 9.69 Å². The molecule has 1 aliphatic rings. The van der Waals surface area contributed by atoms with Crippen molar-refractivity contribution in [2.45, 2.75) is 6.54 Å². The van der Waals surface area contributed by atoms with E-state index in [9.17, 15) is 9.59 Å². The number of amides is 3. The van der Waals surface area contributed by atoms with Gasteiger partial charge in [0.1, 0.15) is 0 Å². The van der Waals surface area contributed by atoms with Crippen LogP contribution in [0.25, 0.3) is 0 Å². The van der Waals surface area contributed by atoms with Crippen molar-refractivity contribution in [3.63, 3.8) is 0 Å². The Labute approximate surface area is 182 Å². The van der Waals surface area contributed by atoms with Crippen LogP contribution in [-0.2, 0) is 6.54 Å². The number of para-hydroxylation sites is 1. The van der Waals surface area contributed by atoms with Gasteiger partial charge in [0, 0.05) is 49.7 Å². The number of rotatable bonds is 5. The van der Waals surface area contributed by atoms with Crippen molar-refractivity contribution >= 4 is 23.3 Å². The molecule has 1 fully saturated rings. The molecule has 2 N–H and O–H groups in total. The zero-order chi connectivity index (χ0) is 21.5. The summed E-state index contributed by atoms with van der Waals surface area (Å²) in [5.41, 5.74) is 3.25. The van der Waals surface area contributed by atoms with E-state index in [-0.39, 0.29) is 11.9 Å². The van der Waals surface area contributed by atoms with Crippen LogP contribution in [0, 0.1) is 0 Å². The summed E-state index contributed by atoms with van der Waals surface area (Å²) in [7, 11) is 0. The van der Waals surface area contributed by atoms with Gasteiger partial charge in [0.05, 0.1) is 0 Å². The first-order valence-electron chi connectivity index (χ1n) is 10.5. The molecular formula is C25H26N4O2. The van der Waals surface area contributed by atoms with Gasteiger partial charge in [-0.25, -0.2) is 4.79 Å². The summed E-state index contributed by atoms with van der Waals surface area (Å²) < 4.78 is 0. The van der Waals surface area contributed by atoms with Gasteiger partial charge in [0.2, 0.25) is 0 Å². The van der Waals surface area contributed by atoms with Crippen molar-refractivity contribution in [1.29, 1.82) is 0 Å². The lowest BCUT2D eigenvalue weighted by molar-refractivity contribution is 0.102. The van der Waals surface area contributed by atoms with E-state index < -0.39 is 0 Å². The van der Waals surface area contributed by atoms with Gasteiger partial charge in [0.25, 0.3) is 5.91 Å². The molecule has 6 nitrogen and oxygen atoms in total. The third-order valence-electron chi connectivity index (χ3n) is 5.34. The fourth-order valence-electron chi connectivity index (χ4n) is 3.58. The van der Waals surface area contributed by atoms with Gasteiger partial charge in [-0.15, -0.1) is 0 Å². The number of hydrogen-bond acceptors (Lipinski definition) is 3. The Morgan fingerprint density at radius 2 is 1.26 bits per heavy atom. The number of benzene rings is 3. The molecule has 4 rings (SSSR count). The second-order valence-corrected chi connectivity index (χ2v) is 7.58. The predicted molar refractivity (Wildman–Crippen MR) is 123 cm³/mol. The van der Waals surface area contributed by atoms with Crippen LogP contribution in [0.2, 0.25) is 0 Å². The fourth-order valence-corrected chi connectivity index (χ4v) is 3.58. The molecule has 3 amide bonds. The number of nitrogens with one attached hydrogen (secondary N) is 2. The summed E-state index contributed by atoms with van der Waals surface area (Å²) in [4.78, 5) is 29.1. The number of carbonyl (C=O) groups excluding carboxylic acids is 2. The van der Waals surface area contributed by atoms with Gasteiger partial charge in [0.15, 0.2) is 0 Å². The van der Waals surface area contributed by atoms with Gasteiger partial charge in [-0.2, -0.15) is 0 Å². The zero-order valence-electron chi connectivity index (χ0n) is 17.3. The maximum absolute atomic E-state index is 12.6. The Morgan fingerprint density at radius 3 is 1.90 bits per heavy atom. The van der Waals surface area contributed by atoms with E-state index >= 15 is 0 Å². The van der Waals surface area contributed by atoms with Crippen LogP contribution >= 0.6 is 0 Å². The van der Waals surface area contributed by atoms with Crippen LogP contribution in [0.5, 0.6) is 0 Å². The van der Waals surface area contributed by atoms with Gasteiger partial charge in [-0.1, -0.05) is 48.5 Å². The summed E-state index contributed by atoms with van der Waals surface area (Å²) in [6.07, 6.45) is 0. The van der Waals surface area contributed by atoms with Gasteiger partial charge >= 0.3 is 6.03 Å². The van der Waals surface area contributed by atoms with E-state index in [0.717, 1.165) is 25.3 Å². The first kappa shape index (κ1) is 20.6. The van der Waals surface area contributed by atoms with Crippen molar-refractivity contribution in [2.24, 2.45) is 0 Å². The first-order chi connectivity index (χ1) is 15.2. The highest BCUT2D eigenvalue weighted by Gasteiger charge is 2.21. The third-order valence-corrected chi connectivity index (χ3v) is 5.34. The van der Waals surface area contributed by atoms with E-state index in [2.05, 4.69) is 39.8 Å². The van der Waals surface area contributed by atoms with Crippen LogP contribution in [0.3, 0.4) is 0 Å². The summed E-state index contributed by atoms with van der Waals surface area (Å²) in [6, 6.07) is 26.5. The van der Waals surface area contributed by atoms with Gasteiger partial charge < -0.3 is 15.5 Å². The predicted octanol–water partition coefficient (Wildman–Crippen LogP) is 4.29. The second-order valence-electron chi connectivity index (χ2n) is 7.58. The van der Waals surface area contributed by atoms with Crippen LogP contribution in [0.1, 0.15) is 15.9 Å². The molecule has 1 heterocycles. The SMILES string of the molecule is O=C(Nc1ccccc1)c1ccc(NC(=O)N2CCN(Cc3ccccc3)CC2)cc1. The Bertz CT molecular complexity index is 999. The smallest absolute Gasteiger partial charge is 0.321 e. The summed E-state index contributed by atoms with van der Waals surface area (Å²) in [5.74, 6) is -0.182. The van der Waals surface area contributed by atoms with Gasteiger partial charge in [-0.05, 0) is 42.0 Å². The number of urea groups is 1. The molecule has 0 radical (unpaired) electrons. The molecule has 1 aliphatic heterocycles. The highest BCUT2D eigenvalue weighted by atomic mass is 16.2. The molecule has 31 heavy (non-hydrogen) atoms. The maximum atomic E-state index is 12.6. The molecule has 3 aromatic carbocycles. The Hall–Kier alpha value is -3.64. The minimum Gasteiger partial charge on any atom is -0.322 e. The van der Waals surface area contributed by atoms with E-state index in [1.165, 1.54) is 5.56 Å². The van der Waals surface area contributed by atoms with Crippen LogP contribution in [0.4, 0.5) is 16.2 Å². The number of nitrogens with zero attached hydrogens (tertiary/aromatic N) is 2. The normalized spacial score (nSPS) is 14.1. The van der Waals surface area contributed by atoms with Crippen molar-refractivity contribution in [3.05, 3.63) is 96.1 Å². The number of anilines is 2. The molecular weight excluding hydrogens is 388 g/mol. The molecule has 6 heteroatoms. The molecule has 0 aliphatic carbocycles. The quantitative estimate of drug-likeness (QED) is 0.655. The summed E-state index contributed by atoms with van der Waals surface area (Å²) >= 11 is 0. The fraction of sp³-hybridized carbons (Fsp3) is 0.200. The summed E-state index contributed by atoms with van der Waals surface area (Å²) in [6.45, 7) is 3.98. The standard InChI is InChI=1S/C25H26N4O2/c30-24(26-22-9-5-2-6-10-22)21-11-13-23(14-12-21)27-25(31)29-17-15-28(16-18-29)19-20-7-3-1-4-8-20/h1-14H,15-19H2,(H,26,30)(H,27,31). The lowest BCUT2D eigenvalue weighted by Gasteiger charge is -2.34. The topological polar surface area (TPSA) is 64.7 Å². The first-order valence-corrected chi connectivity index (χ1v) is 10.5. The maximum Gasteiger partial charge on any atom is 0.321 e. The Morgan fingerprint density at radius 1 is 0.677 bits per heavy atom. The molecule has 1 saturated heterocycles. The molecule has 3 aromatic rings. The lowest BCUT2D eigenvalue weighted by Crippen LogP contribution is -2.49. The average Bonchev–Trinajstić information content (AvgIpc) is 2.81. The Kier molecular flexibility index (Phi) is 6.59. The number of carbonyl (C=O) groups is 2. The van der Waals surface area contributed by atoms with E-state index in [0.29, 0.717) is 24.3 Å². The highest BCUT2D eigenvalue weighted by molar-refractivity contribution is 6.04. The molecule has 0 spiro atoms. The molecule has 0 atom stereocenters. The van der Waals surface area contributed by atoms with E-state index in [1.807, 2.05) is 41.3 Å². The van der Waals surface area contributed by atoms with E-state index in [4.69, 9.17) is 0 Å². The highest BCUT2D eigenvalue weighted by Crippen LogP contribution is 2.14. The minimum absolute atomic E-state index is 0.110. The molecule has 0 aromatic heterocycles. The number of hydrogen-bond donors (Lipinski definition) is 2.